The molecular formula is C29H33N5O4. The summed E-state index contributed by atoms with van der Waals surface area (Å²) in [4.78, 5) is 44.5. The molecule has 0 amide bonds. The minimum Gasteiger partial charge on any atom is -0.464 e. The van der Waals surface area contributed by atoms with Gasteiger partial charge in [-0.3, -0.25) is 9.59 Å². The molecule has 1 saturated heterocycles. The number of carbonyl (C=O) groups is 1. The van der Waals surface area contributed by atoms with Gasteiger partial charge in [-0.2, -0.15) is 0 Å². The van der Waals surface area contributed by atoms with Crippen molar-refractivity contribution >= 4 is 40.0 Å². The quantitative estimate of drug-likeness (QED) is 0.256. The second kappa shape index (κ2) is 10.7. The molecule has 38 heavy (non-hydrogen) atoms. The monoisotopic (exact) mass is 515 g/mol. The number of nitrogens with one attached hydrogen (secondary N) is 2. The maximum atomic E-state index is 12.8. The van der Waals surface area contributed by atoms with E-state index in [-0.39, 0.29) is 18.3 Å². The molecule has 2 heterocycles. The first kappa shape index (κ1) is 25.5. The summed E-state index contributed by atoms with van der Waals surface area (Å²) in [5, 5.41) is 6.42. The van der Waals surface area contributed by atoms with Crippen molar-refractivity contribution in [3.05, 3.63) is 74.5 Å². The molecule has 4 aromatic rings. The number of carbonyl (C=O) groups excluding carboxylic acids is 1. The standard InChI is InChI=1S/C29H33N5O4/c1-4-38-28(37)22(31-24-25(27(36)26(24)35)34-16-8-7-9-18(34)2)17-19-12-14-20(15-13-19)30-29-32-21-10-5-6-11-23(21)33(29)3/h5-6,10-15,18,22,31H,4,7-9,16-17H2,1-3H3,(H,30,32)/t18?,22-/m0/s1. The number of piperidine rings is 1. The average Bonchev–Trinajstić information content (AvgIpc) is 3.24. The van der Waals surface area contributed by atoms with Gasteiger partial charge in [0.05, 0.1) is 17.6 Å². The first-order valence-electron chi connectivity index (χ1n) is 13.2. The van der Waals surface area contributed by atoms with Crippen molar-refractivity contribution in [2.75, 3.05) is 28.7 Å². The summed E-state index contributed by atoms with van der Waals surface area (Å²) in [5.74, 6) is 0.268. The van der Waals surface area contributed by atoms with Crippen LogP contribution in [0.2, 0.25) is 0 Å². The lowest BCUT2D eigenvalue weighted by Gasteiger charge is -2.37. The maximum Gasteiger partial charge on any atom is 0.328 e. The van der Waals surface area contributed by atoms with Gasteiger partial charge in [0.1, 0.15) is 17.4 Å². The van der Waals surface area contributed by atoms with E-state index in [2.05, 4.69) is 22.5 Å². The second-order valence-corrected chi connectivity index (χ2v) is 9.88. The Morgan fingerprint density at radius 1 is 1.11 bits per heavy atom. The van der Waals surface area contributed by atoms with Crippen LogP contribution in [-0.2, 0) is 23.0 Å². The molecule has 3 aromatic carbocycles. The molecule has 2 N–H and O–H groups in total. The molecule has 5 rings (SSSR count). The number of imidazole rings is 1. The molecule has 1 fully saturated rings. The van der Waals surface area contributed by atoms with Crippen LogP contribution in [0.4, 0.5) is 23.0 Å². The van der Waals surface area contributed by atoms with Crippen molar-refractivity contribution in [2.24, 2.45) is 7.05 Å². The van der Waals surface area contributed by atoms with Gasteiger partial charge in [0.15, 0.2) is 0 Å². The molecule has 1 aromatic heterocycles. The van der Waals surface area contributed by atoms with Gasteiger partial charge >= 0.3 is 5.97 Å². The number of rotatable bonds is 9. The van der Waals surface area contributed by atoms with Crippen LogP contribution in [0.3, 0.4) is 0 Å². The molecule has 0 bridgehead atoms. The van der Waals surface area contributed by atoms with E-state index in [1.165, 1.54) is 0 Å². The van der Waals surface area contributed by atoms with Crippen molar-refractivity contribution in [1.29, 1.82) is 0 Å². The van der Waals surface area contributed by atoms with Crippen molar-refractivity contribution in [3.63, 3.8) is 0 Å². The summed E-state index contributed by atoms with van der Waals surface area (Å²) in [5.41, 5.74) is 3.26. The molecule has 2 atom stereocenters. The fraction of sp³-hybridized carbons (Fsp3) is 0.379. The first-order valence-corrected chi connectivity index (χ1v) is 13.2. The van der Waals surface area contributed by atoms with E-state index in [4.69, 9.17) is 4.74 Å². The van der Waals surface area contributed by atoms with Gasteiger partial charge in [0, 0.05) is 31.7 Å². The number of benzene rings is 2. The zero-order valence-corrected chi connectivity index (χ0v) is 22.0. The first-order chi connectivity index (χ1) is 18.4. The normalized spacial score (nSPS) is 16.5. The number of aromatic nitrogens is 2. The van der Waals surface area contributed by atoms with Crippen LogP contribution in [0, 0.1) is 0 Å². The van der Waals surface area contributed by atoms with Crippen LogP contribution < -0.4 is 26.4 Å². The predicted molar refractivity (Wildman–Crippen MR) is 150 cm³/mol. The van der Waals surface area contributed by atoms with Gasteiger partial charge in [-0.05, 0) is 62.9 Å². The molecular weight excluding hydrogens is 482 g/mol. The van der Waals surface area contributed by atoms with E-state index in [0.29, 0.717) is 12.1 Å². The van der Waals surface area contributed by atoms with Crippen molar-refractivity contribution in [1.82, 2.24) is 9.55 Å². The van der Waals surface area contributed by atoms with Crippen LogP contribution >= 0.6 is 0 Å². The molecule has 0 aliphatic carbocycles. The van der Waals surface area contributed by atoms with Crippen LogP contribution in [0.15, 0.2) is 58.1 Å². The third kappa shape index (κ3) is 4.88. The number of aryl methyl sites for hydroxylation is 1. The zero-order chi connectivity index (χ0) is 26.8. The highest BCUT2D eigenvalue weighted by atomic mass is 16.5. The lowest BCUT2D eigenvalue weighted by Crippen LogP contribution is -2.49. The Balaban J connectivity index is 1.33. The Kier molecular flexibility index (Phi) is 7.18. The lowest BCUT2D eigenvalue weighted by molar-refractivity contribution is -0.144. The van der Waals surface area contributed by atoms with Crippen LogP contribution in [0.1, 0.15) is 38.7 Å². The van der Waals surface area contributed by atoms with Crippen LogP contribution in [0.5, 0.6) is 0 Å². The molecule has 1 aliphatic heterocycles. The number of nitrogens with zero attached hydrogens (tertiary/aromatic N) is 3. The number of esters is 1. The summed E-state index contributed by atoms with van der Waals surface area (Å²) >= 11 is 0. The molecule has 9 nitrogen and oxygen atoms in total. The number of para-hydroxylation sites is 2. The summed E-state index contributed by atoms with van der Waals surface area (Å²) in [7, 11) is 1.96. The van der Waals surface area contributed by atoms with Gasteiger partial charge in [0.25, 0.3) is 10.9 Å². The Bertz CT molecular complexity index is 1520. The van der Waals surface area contributed by atoms with E-state index in [9.17, 15) is 14.4 Å². The van der Waals surface area contributed by atoms with Crippen LogP contribution in [-0.4, -0.2) is 40.8 Å². The molecule has 0 radical (unpaired) electrons. The summed E-state index contributed by atoms with van der Waals surface area (Å²) < 4.78 is 7.29. The Morgan fingerprint density at radius 3 is 2.58 bits per heavy atom. The summed E-state index contributed by atoms with van der Waals surface area (Å²) in [6, 6.07) is 15.0. The van der Waals surface area contributed by atoms with Gasteiger partial charge in [-0.1, -0.05) is 24.3 Å². The third-order valence-corrected chi connectivity index (χ3v) is 7.30. The van der Waals surface area contributed by atoms with Crippen molar-refractivity contribution in [2.45, 2.75) is 51.6 Å². The van der Waals surface area contributed by atoms with Crippen molar-refractivity contribution < 1.29 is 9.53 Å². The van der Waals surface area contributed by atoms with E-state index < -0.39 is 22.9 Å². The Morgan fingerprint density at radius 2 is 1.87 bits per heavy atom. The predicted octanol–water partition coefficient (Wildman–Crippen LogP) is 3.88. The maximum absolute atomic E-state index is 12.8. The largest absolute Gasteiger partial charge is 0.464 e. The highest BCUT2D eigenvalue weighted by Gasteiger charge is 2.33. The number of fused-ring (bicyclic) bond motifs is 1. The van der Waals surface area contributed by atoms with Crippen molar-refractivity contribution in [3.8, 4) is 0 Å². The topological polar surface area (TPSA) is 106 Å². The minimum atomic E-state index is -0.796. The molecule has 1 aliphatic rings. The fourth-order valence-electron chi connectivity index (χ4n) is 5.17. The molecule has 9 heteroatoms. The number of hydrogen-bond acceptors (Lipinski definition) is 8. The van der Waals surface area contributed by atoms with E-state index in [0.717, 1.165) is 54.0 Å². The second-order valence-electron chi connectivity index (χ2n) is 9.88. The minimum absolute atomic E-state index is 0.171. The van der Waals surface area contributed by atoms with E-state index >= 15 is 0 Å². The Hall–Kier alpha value is -4.14. The van der Waals surface area contributed by atoms with E-state index in [1.54, 1.807) is 6.92 Å². The lowest BCUT2D eigenvalue weighted by atomic mass is 9.99. The van der Waals surface area contributed by atoms with Crippen LogP contribution in [0.25, 0.3) is 11.0 Å². The highest BCUT2D eigenvalue weighted by molar-refractivity contribution is 5.84. The van der Waals surface area contributed by atoms with Gasteiger partial charge < -0.3 is 24.8 Å². The number of hydrogen-bond donors (Lipinski definition) is 2. The van der Waals surface area contributed by atoms with E-state index in [1.807, 2.05) is 65.0 Å². The fourth-order valence-corrected chi connectivity index (χ4v) is 5.17. The third-order valence-electron chi connectivity index (χ3n) is 7.30. The summed E-state index contributed by atoms with van der Waals surface area (Å²) in [6.45, 7) is 4.76. The SMILES string of the molecule is CCOC(=O)[C@H](Cc1ccc(Nc2nc3ccccc3n2C)cc1)Nc1c(N2CCCCC2C)c(=O)c1=O. The van der Waals surface area contributed by atoms with Gasteiger partial charge in [0.2, 0.25) is 5.95 Å². The van der Waals surface area contributed by atoms with Gasteiger partial charge in [-0.15, -0.1) is 0 Å². The van der Waals surface area contributed by atoms with Gasteiger partial charge in [-0.25, -0.2) is 9.78 Å². The number of ether oxygens (including phenoxy) is 1. The highest BCUT2D eigenvalue weighted by Crippen LogP contribution is 2.29. The molecule has 1 unspecified atom stereocenters. The average molecular weight is 516 g/mol. The molecule has 0 saturated carbocycles. The zero-order valence-electron chi connectivity index (χ0n) is 22.0. The molecule has 0 spiro atoms. The number of anilines is 4. The Labute approximate surface area is 221 Å². The molecule has 198 valence electrons. The smallest absolute Gasteiger partial charge is 0.328 e. The summed E-state index contributed by atoms with van der Waals surface area (Å²) in [6.07, 6.45) is 3.34.